The number of halogens is 1. The minimum Gasteiger partial charge on any atom is -0.465 e. The summed E-state index contributed by atoms with van der Waals surface area (Å²) < 4.78 is 18.9. The van der Waals surface area contributed by atoms with E-state index in [1.165, 1.54) is 19.6 Å². The van der Waals surface area contributed by atoms with Crippen molar-refractivity contribution in [1.29, 1.82) is 0 Å². The van der Waals surface area contributed by atoms with E-state index in [0.29, 0.717) is 23.4 Å². The van der Waals surface area contributed by atoms with Crippen molar-refractivity contribution >= 4 is 11.7 Å². The predicted octanol–water partition coefficient (Wildman–Crippen LogP) is 4.57. The molecule has 23 heavy (non-hydrogen) atoms. The van der Waals surface area contributed by atoms with Gasteiger partial charge >= 0.3 is 5.97 Å². The second-order valence-electron chi connectivity index (χ2n) is 6.95. The van der Waals surface area contributed by atoms with Gasteiger partial charge < -0.3 is 9.64 Å². The number of carbonyl (C=O) groups is 1. The smallest absolute Gasteiger partial charge is 0.338 e. The van der Waals surface area contributed by atoms with Crippen molar-refractivity contribution in [2.45, 2.75) is 53.0 Å². The minimum atomic E-state index is -0.482. The van der Waals surface area contributed by atoms with Crippen molar-refractivity contribution in [1.82, 2.24) is 0 Å². The molecule has 3 atom stereocenters. The molecule has 3 nitrogen and oxygen atoms in total. The highest BCUT2D eigenvalue weighted by atomic mass is 19.1. The average molecular weight is 321 g/mol. The van der Waals surface area contributed by atoms with Crippen molar-refractivity contribution in [2.24, 2.45) is 11.8 Å². The Kier molecular flexibility index (Phi) is 5.66. The van der Waals surface area contributed by atoms with E-state index < -0.39 is 5.97 Å². The molecule has 0 bridgehead atoms. The van der Waals surface area contributed by atoms with Gasteiger partial charge in [0, 0.05) is 18.3 Å². The lowest BCUT2D eigenvalue weighted by Gasteiger charge is -2.41. The molecule has 1 aromatic carbocycles. The largest absolute Gasteiger partial charge is 0.465 e. The Morgan fingerprint density at radius 3 is 2.39 bits per heavy atom. The molecule has 128 valence electrons. The highest BCUT2D eigenvalue weighted by Gasteiger charge is 2.29. The average Bonchev–Trinajstić information content (AvgIpc) is 2.49. The Morgan fingerprint density at radius 2 is 1.87 bits per heavy atom. The van der Waals surface area contributed by atoms with Gasteiger partial charge in [0.1, 0.15) is 5.82 Å². The molecule has 0 aliphatic heterocycles. The molecule has 1 aliphatic carbocycles. The molecule has 0 N–H and O–H groups in total. The van der Waals surface area contributed by atoms with Crippen LogP contribution in [0.1, 0.15) is 56.0 Å². The third-order valence-corrected chi connectivity index (χ3v) is 4.99. The summed E-state index contributed by atoms with van der Waals surface area (Å²) in [6.07, 6.45) is 3.48. The third-order valence-electron chi connectivity index (χ3n) is 4.99. The number of esters is 1. The van der Waals surface area contributed by atoms with Crippen molar-refractivity contribution < 1.29 is 13.9 Å². The summed E-state index contributed by atoms with van der Waals surface area (Å²) in [5.41, 5.74) is 1.93. The van der Waals surface area contributed by atoms with Gasteiger partial charge in [0.2, 0.25) is 0 Å². The van der Waals surface area contributed by atoms with Crippen LogP contribution in [0.5, 0.6) is 0 Å². The molecule has 1 aromatic rings. The summed E-state index contributed by atoms with van der Waals surface area (Å²) >= 11 is 0. The minimum absolute atomic E-state index is 0.317. The van der Waals surface area contributed by atoms with Crippen LogP contribution in [0.15, 0.2) is 12.1 Å². The van der Waals surface area contributed by atoms with Gasteiger partial charge in [0.15, 0.2) is 0 Å². The molecular weight excluding hydrogens is 293 g/mol. The topological polar surface area (TPSA) is 29.5 Å². The number of ether oxygens (including phenoxy) is 1. The monoisotopic (exact) mass is 321 g/mol. The summed E-state index contributed by atoms with van der Waals surface area (Å²) in [6.45, 7) is 9.34. The number of anilines is 1. The second-order valence-corrected chi connectivity index (χ2v) is 6.95. The van der Waals surface area contributed by atoms with Crippen molar-refractivity contribution in [3.05, 3.63) is 29.1 Å². The van der Waals surface area contributed by atoms with Gasteiger partial charge in [-0.15, -0.1) is 0 Å². The lowest BCUT2D eigenvalue weighted by Crippen LogP contribution is -2.41. The molecule has 1 saturated carbocycles. The molecule has 1 fully saturated rings. The number of carbonyl (C=O) groups excluding carboxylic acids is 1. The predicted molar refractivity (Wildman–Crippen MR) is 91.5 cm³/mol. The third kappa shape index (κ3) is 3.85. The van der Waals surface area contributed by atoms with Gasteiger partial charge in [-0.2, -0.15) is 0 Å². The maximum atomic E-state index is 14.1. The second kappa shape index (κ2) is 7.33. The van der Waals surface area contributed by atoms with Crippen LogP contribution < -0.4 is 4.90 Å². The molecule has 0 heterocycles. The maximum absolute atomic E-state index is 14.1. The van der Waals surface area contributed by atoms with E-state index in [9.17, 15) is 9.18 Å². The van der Waals surface area contributed by atoms with E-state index in [2.05, 4.69) is 25.7 Å². The molecule has 0 aromatic heterocycles. The Labute approximate surface area is 138 Å². The van der Waals surface area contributed by atoms with Crippen LogP contribution in [0.2, 0.25) is 0 Å². The van der Waals surface area contributed by atoms with Gasteiger partial charge in [-0.25, -0.2) is 9.18 Å². The zero-order chi connectivity index (χ0) is 17.1. The molecule has 0 saturated heterocycles. The van der Waals surface area contributed by atoms with E-state index in [1.54, 1.807) is 6.07 Å². The number of hydrogen-bond donors (Lipinski definition) is 0. The van der Waals surface area contributed by atoms with E-state index >= 15 is 0 Å². The standard InChI is InChI=1S/C19H28FNO2/c1-6-21(16-8-12(2)7-13(3)9-16)18-11-15(20)10-17(14(18)4)19(22)23-5/h10-13,16H,6-9H2,1-5H3/t12-,13+,16?. The van der Waals surface area contributed by atoms with E-state index in [4.69, 9.17) is 4.74 Å². The first-order chi connectivity index (χ1) is 10.9. The molecule has 1 unspecified atom stereocenters. The van der Waals surface area contributed by atoms with Crippen LogP contribution in [-0.4, -0.2) is 25.7 Å². The lowest BCUT2D eigenvalue weighted by atomic mass is 9.79. The van der Waals surface area contributed by atoms with Crippen LogP contribution >= 0.6 is 0 Å². The fourth-order valence-corrected chi connectivity index (χ4v) is 4.07. The van der Waals surface area contributed by atoms with Gasteiger partial charge in [-0.3, -0.25) is 0 Å². The van der Waals surface area contributed by atoms with Crippen molar-refractivity contribution in [3.63, 3.8) is 0 Å². The summed E-state index contributed by atoms with van der Waals surface area (Å²) in [7, 11) is 1.33. The molecule has 0 amide bonds. The fraction of sp³-hybridized carbons (Fsp3) is 0.632. The Hall–Kier alpha value is -1.58. The van der Waals surface area contributed by atoms with Crippen LogP contribution in [0.4, 0.5) is 10.1 Å². The molecular formula is C19H28FNO2. The quantitative estimate of drug-likeness (QED) is 0.761. The van der Waals surface area contributed by atoms with Crippen LogP contribution in [-0.2, 0) is 4.74 Å². The van der Waals surface area contributed by atoms with Crippen molar-refractivity contribution in [2.75, 3.05) is 18.6 Å². The molecule has 1 aliphatic rings. The number of benzene rings is 1. The Bertz CT molecular complexity index is 563. The van der Waals surface area contributed by atoms with E-state index in [0.717, 1.165) is 30.6 Å². The first kappa shape index (κ1) is 17.8. The SMILES string of the molecule is CCN(c1cc(F)cc(C(=O)OC)c1C)C1C[C@@H](C)C[C@@H](C)C1. The van der Waals surface area contributed by atoms with Crippen LogP contribution in [0, 0.1) is 24.6 Å². The zero-order valence-electron chi connectivity index (χ0n) is 14.9. The van der Waals surface area contributed by atoms with Crippen LogP contribution in [0.3, 0.4) is 0 Å². The van der Waals surface area contributed by atoms with Gasteiger partial charge in [-0.1, -0.05) is 13.8 Å². The number of nitrogens with zero attached hydrogens (tertiary/aromatic N) is 1. The molecule has 4 heteroatoms. The molecule has 2 rings (SSSR count). The first-order valence-corrected chi connectivity index (χ1v) is 8.52. The highest BCUT2D eigenvalue weighted by Crippen LogP contribution is 2.36. The number of methoxy groups -OCH3 is 1. The maximum Gasteiger partial charge on any atom is 0.338 e. The summed E-state index contributed by atoms with van der Waals surface area (Å²) in [4.78, 5) is 14.2. The summed E-state index contributed by atoms with van der Waals surface area (Å²) in [5.74, 6) is 0.476. The van der Waals surface area contributed by atoms with E-state index in [-0.39, 0.29) is 5.82 Å². The van der Waals surface area contributed by atoms with Crippen molar-refractivity contribution in [3.8, 4) is 0 Å². The van der Waals surface area contributed by atoms with Gasteiger partial charge in [-0.05, 0) is 62.6 Å². The van der Waals surface area contributed by atoms with E-state index in [1.807, 2.05) is 6.92 Å². The molecule has 0 spiro atoms. The van der Waals surface area contributed by atoms with Gasteiger partial charge in [0.25, 0.3) is 0 Å². The van der Waals surface area contributed by atoms with Crippen LogP contribution in [0.25, 0.3) is 0 Å². The first-order valence-electron chi connectivity index (χ1n) is 8.52. The zero-order valence-corrected chi connectivity index (χ0v) is 14.9. The molecule has 0 radical (unpaired) electrons. The normalized spacial score (nSPS) is 24.3. The Morgan fingerprint density at radius 1 is 1.26 bits per heavy atom. The number of hydrogen-bond acceptors (Lipinski definition) is 3. The Balaban J connectivity index is 2.41. The summed E-state index contributed by atoms with van der Waals surface area (Å²) in [6, 6.07) is 3.21. The fourth-order valence-electron chi connectivity index (χ4n) is 4.07. The highest BCUT2D eigenvalue weighted by molar-refractivity contribution is 5.92. The number of rotatable bonds is 4. The summed E-state index contributed by atoms with van der Waals surface area (Å²) in [5, 5.41) is 0. The van der Waals surface area contributed by atoms with Gasteiger partial charge in [0.05, 0.1) is 12.7 Å². The lowest BCUT2D eigenvalue weighted by molar-refractivity contribution is 0.0599.